The lowest BCUT2D eigenvalue weighted by molar-refractivity contribution is 0.112. The summed E-state index contributed by atoms with van der Waals surface area (Å²) in [6.45, 7) is 1.74. The molecule has 6 heteroatoms. The van der Waals surface area contributed by atoms with E-state index in [1.165, 1.54) is 7.11 Å². The molecule has 2 N–H and O–H groups in total. The van der Waals surface area contributed by atoms with Crippen LogP contribution in [0.2, 0.25) is 0 Å². The van der Waals surface area contributed by atoms with Gasteiger partial charge in [0.05, 0.1) is 35.2 Å². The predicted octanol–water partition coefficient (Wildman–Crippen LogP) is 1.44. The lowest BCUT2D eigenvalue weighted by Gasteiger charge is -2.09. The minimum atomic E-state index is -1.15. The van der Waals surface area contributed by atoms with Crippen LogP contribution in [-0.2, 0) is 20.3 Å². The Morgan fingerprint density at radius 3 is 2.68 bits per heavy atom. The fourth-order valence-electron chi connectivity index (χ4n) is 1.52. The van der Waals surface area contributed by atoms with Gasteiger partial charge in [0.2, 0.25) is 0 Å². The molecule has 0 saturated heterocycles. The first-order valence-electron chi connectivity index (χ1n) is 6.07. The van der Waals surface area contributed by atoms with Crippen LogP contribution in [0.5, 0.6) is 5.75 Å². The van der Waals surface area contributed by atoms with Gasteiger partial charge in [-0.1, -0.05) is 0 Å². The summed E-state index contributed by atoms with van der Waals surface area (Å²) >= 11 is 0. The smallest absolute Gasteiger partial charge is 0.137 e. The molecule has 5 nitrogen and oxygen atoms in total. The maximum absolute atomic E-state index is 12.1. The third-order valence-corrected chi connectivity index (χ3v) is 3.85. The zero-order chi connectivity index (χ0) is 14.1. The molecule has 108 valence electrons. The normalized spacial score (nSPS) is 12.3. The molecule has 0 spiro atoms. The molecule has 1 rings (SSSR count). The van der Waals surface area contributed by atoms with E-state index in [9.17, 15) is 4.21 Å². The van der Waals surface area contributed by atoms with E-state index < -0.39 is 10.8 Å². The first-order chi connectivity index (χ1) is 9.19. The quantitative estimate of drug-likeness (QED) is 0.549. The second-order valence-corrected chi connectivity index (χ2v) is 5.46. The Bertz CT molecular complexity index is 412. The molecule has 0 fully saturated rings. The van der Waals surface area contributed by atoms with Crippen molar-refractivity contribution in [1.82, 2.24) is 0 Å². The average molecular weight is 287 g/mol. The molecular weight excluding hydrogens is 266 g/mol. The second kappa shape index (κ2) is 8.90. The van der Waals surface area contributed by atoms with Gasteiger partial charge in [0, 0.05) is 32.1 Å². The maximum atomic E-state index is 12.1. The van der Waals surface area contributed by atoms with Gasteiger partial charge < -0.3 is 19.9 Å². The number of anilines is 1. The van der Waals surface area contributed by atoms with Crippen molar-refractivity contribution in [2.24, 2.45) is 0 Å². The van der Waals surface area contributed by atoms with Crippen LogP contribution < -0.4 is 10.5 Å². The Balaban J connectivity index is 2.41. The number of hydrogen-bond acceptors (Lipinski definition) is 5. The lowest BCUT2D eigenvalue weighted by Crippen LogP contribution is -2.09. The molecule has 19 heavy (non-hydrogen) atoms. The zero-order valence-corrected chi connectivity index (χ0v) is 12.2. The topological polar surface area (TPSA) is 70.8 Å². The van der Waals surface area contributed by atoms with Crippen molar-refractivity contribution in [3.05, 3.63) is 18.2 Å². The fourth-order valence-corrected chi connectivity index (χ4v) is 2.60. The average Bonchev–Trinajstić information content (AvgIpc) is 2.42. The zero-order valence-electron chi connectivity index (χ0n) is 11.4. The van der Waals surface area contributed by atoms with Gasteiger partial charge >= 0.3 is 0 Å². The van der Waals surface area contributed by atoms with Crippen molar-refractivity contribution in [2.75, 3.05) is 45.5 Å². The van der Waals surface area contributed by atoms with Gasteiger partial charge in [-0.15, -0.1) is 0 Å². The van der Waals surface area contributed by atoms with E-state index in [-0.39, 0.29) is 0 Å². The van der Waals surface area contributed by atoms with Crippen molar-refractivity contribution >= 4 is 16.5 Å². The number of ether oxygens (including phenoxy) is 3. The lowest BCUT2D eigenvalue weighted by atomic mass is 10.3. The van der Waals surface area contributed by atoms with Gasteiger partial charge in [-0.3, -0.25) is 4.21 Å². The molecule has 1 atom stereocenters. The van der Waals surface area contributed by atoms with Gasteiger partial charge in [0.15, 0.2) is 0 Å². The van der Waals surface area contributed by atoms with Crippen LogP contribution in [0, 0.1) is 0 Å². The van der Waals surface area contributed by atoms with E-state index >= 15 is 0 Å². The van der Waals surface area contributed by atoms with Crippen LogP contribution in [0.4, 0.5) is 5.69 Å². The minimum absolute atomic E-state index is 0.438. The number of methoxy groups -OCH3 is 2. The van der Waals surface area contributed by atoms with Gasteiger partial charge in [-0.05, 0) is 18.6 Å². The van der Waals surface area contributed by atoms with E-state index in [0.717, 1.165) is 6.42 Å². The summed E-state index contributed by atoms with van der Waals surface area (Å²) in [5.41, 5.74) is 6.25. The van der Waals surface area contributed by atoms with Crippen LogP contribution in [0.15, 0.2) is 23.1 Å². The molecule has 0 amide bonds. The van der Waals surface area contributed by atoms with Gasteiger partial charge in [0.25, 0.3) is 0 Å². The molecule has 0 heterocycles. The highest BCUT2D eigenvalue weighted by Crippen LogP contribution is 2.24. The van der Waals surface area contributed by atoms with Crippen LogP contribution in [-0.4, -0.2) is 44.0 Å². The van der Waals surface area contributed by atoms with Gasteiger partial charge in [-0.25, -0.2) is 0 Å². The number of benzene rings is 1. The number of nitrogens with two attached hydrogens (primary N) is 1. The SMILES string of the molecule is COCCCOCCS(=O)c1ccc(N)cc1OC. The van der Waals surface area contributed by atoms with Crippen LogP contribution in [0.1, 0.15) is 6.42 Å². The molecule has 0 aliphatic rings. The molecule has 0 aliphatic carbocycles. The van der Waals surface area contributed by atoms with Gasteiger partial charge in [-0.2, -0.15) is 0 Å². The summed E-state index contributed by atoms with van der Waals surface area (Å²) < 4.78 is 27.6. The predicted molar refractivity (Wildman–Crippen MR) is 76.0 cm³/mol. The number of rotatable bonds is 9. The third-order valence-electron chi connectivity index (χ3n) is 2.48. The molecule has 0 aliphatic heterocycles. The third kappa shape index (κ3) is 5.59. The first-order valence-corrected chi connectivity index (χ1v) is 7.39. The molecule has 0 aromatic heterocycles. The summed E-state index contributed by atoms with van der Waals surface area (Å²) in [7, 11) is 2.05. The summed E-state index contributed by atoms with van der Waals surface area (Å²) in [5.74, 6) is 0.991. The summed E-state index contributed by atoms with van der Waals surface area (Å²) in [6.07, 6.45) is 0.842. The Morgan fingerprint density at radius 2 is 2.00 bits per heavy atom. The number of nitrogen functional groups attached to an aromatic ring is 1. The fraction of sp³-hybridized carbons (Fsp3) is 0.538. The largest absolute Gasteiger partial charge is 0.495 e. The standard InChI is InChI=1S/C13H21NO4S/c1-16-6-3-7-18-8-9-19(15)13-5-4-11(14)10-12(13)17-2/h4-5,10H,3,6-9,14H2,1-2H3. The Morgan fingerprint density at radius 1 is 1.21 bits per heavy atom. The molecular formula is C13H21NO4S. The Hall–Kier alpha value is -1.11. The Labute approximate surface area is 116 Å². The van der Waals surface area contributed by atoms with E-state index in [1.54, 1.807) is 25.3 Å². The molecule has 0 radical (unpaired) electrons. The summed E-state index contributed by atoms with van der Waals surface area (Å²) in [4.78, 5) is 0.650. The molecule has 1 aromatic rings. The highest BCUT2D eigenvalue weighted by molar-refractivity contribution is 7.85. The van der Waals surface area contributed by atoms with Crippen molar-refractivity contribution in [2.45, 2.75) is 11.3 Å². The van der Waals surface area contributed by atoms with Gasteiger partial charge in [0.1, 0.15) is 5.75 Å². The molecule has 1 aromatic carbocycles. The first kappa shape index (κ1) is 15.9. The van der Waals surface area contributed by atoms with Crippen LogP contribution in [0.3, 0.4) is 0 Å². The summed E-state index contributed by atoms with van der Waals surface area (Å²) in [5, 5.41) is 0. The molecule has 1 unspecified atom stereocenters. The highest BCUT2D eigenvalue weighted by Gasteiger charge is 2.10. The highest BCUT2D eigenvalue weighted by atomic mass is 32.2. The van der Waals surface area contributed by atoms with E-state index in [2.05, 4.69) is 0 Å². The van der Waals surface area contributed by atoms with Crippen molar-refractivity contribution in [3.8, 4) is 5.75 Å². The van der Waals surface area contributed by atoms with Crippen molar-refractivity contribution < 1.29 is 18.4 Å². The van der Waals surface area contributed by atoms with Crippen LogP contribution in [0.25, 0.3) is 0 Å². The minimum Gasteiger partial charge on any atom is -0.495 e. The monoisotopic (exact) mass is 287 g/mol. The van der Waals surface area contributed by atoms with Crippen LogP contribution >= 0.6 is 0 Å². The number of hydrogen-bond donors (Lipinski definition) is 1. The molecule has 0 bridgehead atoms. The Kier molecular flexibility index (Phi) is 7.47. The van der Waals surface area contributed by atoms with E-state index in [1.807, 2.05) is 0 Å². The second-order valence-electron chi connectivity index (χ2n) is 3.92. The van der Waals surface area contributed by atoms with E-state index in [0.29, 0.717) is 41.9 Å². The van der Waals surface area contributed by atoms with E-state index in [4.69, 9.17) is 19.9 Å². The maximum Gasteiger partial charge on any atom is 0.137 e. The summed E-state index contributed by atoms with van der Waals surface area (Å²) in [6, 6.07) is 5.12. The molecule has 0 saturated carbocycles. The van der Waals surface area contributed by atoms with Crippen molar-refractivity contribution in [1.29, 1.82) is 0 Å². The van der Waals surface area contributed by atoms with Crippen molar-refractivity contribution in [3.63, 3.8) is 0 Å².